The average Bonchev–Trinajstić information content (AvgIpc) is 3.14. The Labute approximate surface area is 172 Å². The Morgan fingerprint density at radius 1 is 1.23 bits per heavy atom. The second kappa shape index (κ2) is 7.07. The first-order valence-electron chi connectivity index (χ1n) is 10.3. The highest BCUT2D eigenvalue weighted by atomic mass is 19.1. The lowest BCUT2D eigenvalue weighted by atomic mass is 9.53. The van der Waals surface area contributed by atoms with Gasteiger partial charge in [0.25, 0.3) is 5.91 Å². The standard InChI is InChI=1S/C21H23FN4O4/c22-16-1-2-18(26(28)29)19(8-16)30-12-25-4-3-17(24-25)20(27)23-21-9-13-5-14(10-21)7-15(6-13)11-21/h1-4,8,13-15H,5-7,9-12H2,(H,23,27). The van der Waals surface area contributed by atoms with Gasteiger partial charge in [-0.25, -0.2) is 9.07 Å². The number of carbonyl (C=O) groups is 1. The van der Waals surface area contributed by atoms with Crippen LogP contribution in [0.15, 0.2) is 30.5 Å². The smallest absolute Gasteiger partial charge is 0.311 e. The molecule has 4 aliphatic carbocycles. The first-order valence-corrected chi connectivity index (χ1v) is 10.3. The Balaban J connectivity index is 1.25. The molecule has 6 rings (SSSR count). The highest BCUT2D eigenvalue weighted by Crippen LogP contribution is 2.55. The van der Waals surface area contributed by atoms with E-state index in [4.69, 9.17) is 4.74 Å². The number of nitrogens with one attached hydrogen (secondary N) is 1. The zero-order valence-electron chi connectivity index (χ0n) is 16.4. The Bertz CT molecular complexity index is 969. The number of aromatic nitrogens is 2. The molecule has 4 aliphatic rings. The van der Waals surface area contributed by atoms with Gasteiger partial charge in [-0.05, 0) is 68.4 Å². The second-order valence-electron chi connectivity index (χ2n) is 9.04. The molecule has 4 saturated carbocycles. The fourth-order valence-corrected chi connectivity index (χ4v) is 6.01. The van der Waals surface area contributed by atoms with E-state index in [9.17, 15) is 19.3 Å². The molecule has 30 heavy (non-hydrogen) atoms. The van der Waals surface area contributed by atoms with Gasteiger partial charge in [0, 0.05) is 23.9 Å². The van der Waals surface area contributed by atoms with E-state index in [0.717, 1.165) is 55.2 Å². The first-order chi connectivity index (χ1) is 14.4. The van der Waals surface area contributed by atoms with E-state index in [1.165, 1.54) is 23.9 Å². The number of ether oxygens (including phenoxy) is 1. The van der Waals surface area contributed by atoms with Crippen molar-refractivity contribution in [3.63, 3.8) is 0 Å². The van der Waals surface area contributed by atoms with Crippen molar-refractivity contribution in [1.29, 1.82) is 0 Å². The van der Waals surface area contributed by atoms with Gasteiger partial charge in [-0.2, -0.15) is 5.10 Å². The van der Waals surface area contributed by atoms with Crippen molar-refractivity contribution in [2.75, 3.05) is 0 Å². The lowest BCUT2D eigenvalue weighted by molar-refractivity contribution is -0.386. The summed E-state index contributed by atoms with van der Waals surface area (Å²) >= 11 is 0. The van der Waals surface area contributed by atoms with Gasteiger partial charge in [-0.1, -0.05) is 0 Å². The summed E-state index contributed by atoms with van der Waals surface area (Å²) in [7, 11) is 0. The summed E-state index contributed by atoms with van der Waals surface area (Å²) in [5.41, 5.74) is -0.152. The molecule has 2 aromatic rings. The molecule has 1 heterocycles. The van der Waals surface area contributed by atoms with Gasteiger partial charge in [0.1, 0.15) is 11.5 Å². The lowest BCUT2D eigenvalue weighted by Gasteiger charge is -2.56. The van der Waals surface area contributed by atoms with E-state index < -0.39 is 10.7 Å². The van der Waals surface area contributed by atoms with E-state index in [-0.39, 0.29) is 35.3 Å². The molecule has 1 aromatic carbocycles. The summed E-state index contributed by atoms with van der Waals surface area (Å²) in [6.45, 7) is -0.172. The molecular formula is C21H23FN4O4. The van der Waals surface area contributed by atoms with Crippen LogP contribution in [0.4, 0.5) is 10.1 Å². The second-order valence-corrected chi connectivity index (χ2v) is 9.04. The molecule has 0 spiro atoms. The number of nitrogens with zero attached hydrogens (tertiary/aromatic N) is 3. The lowest BCUT2D eigenvalue weighted by Crippen LogP contribution is -2.59. The maximum atomic E-state index is 13.4. The van der Waals surface area contributed by atoms with Crippen molar-refractivity contribution in [2.24, 2.45) is 17.8 Å². The molecule has 1 amide bonds. The molecule has 0 atom stereocenters. The molecule has 1 N–H and O–H groups in total. The highest BCUT2D eigenvalue weighted by molar-refractivity contribution is 5.92. The van der Waals surface area contributed by atoms with E-state index in [0.29, 0.717) is 0 Å². The predicted molar refractivity (Wildman–Crippen MR) is 104 cm³/mol. The minimum atomic E-state index is -0.637. The predicted octanol–water partition coefficient (Wildman–Crippen LogP) is 3.67. The zero-order valence-corrected chi connectivity index (χ0v) is 16.4. The fourth-order valence-electron chi connectivity index (χ4n) is 6.01. The number of hydrogen-bond acceptors (Lipinski definition) is 5. The minimum absolute atomic E-state index is 0.103. The topological polar surface area (TPSA) is 99.3 Å². The van der Waals surface area contributed by atoms with E-state index >= 15 is 0 Å². The number of hydrogen-bond donors (Lipinski definition) is 1. The molecule has 1 aromatic heterocycles. The first kappa shape index (κ1) is 19.0. The Morgan fingerprint density at radius 3 is 2.53 bits per heavy atom. The van der Waals surface area contributed by atoms with E-state index in [2.05, 4.69) is 10.4 Å². The minimum Gasteiger partial charge on any atom is -0.464 e. The van der Waals surface area contributed by atoms with Crippen LogP contribution >= 0.6 is 0 Å². The molecule has 0 radical (unpaired) electrons. The Hall–Kier alpha value is -2.97. The van der Waals surface area contributed by atoms with Crippen molar-refractivity contribution in [1.82, 2.24) is 15.1 Å². The van der Waals surface area contributed by atoms with Gasteiger partial charge in [0.05, 0.1) is 4.92 Å². The maximum Gasteiger partial charge on any atom is 0.311 e. The largest absolute Gasteiger partial charge is 0.464 e. The summed E-state index contributed by atoms with van der Waals surface area (Å²) in [6, 6.07) is 4.62. The fraction of sp³-hybridized carbons (Fsp3) is 0.524. The summed E-state index contributed by atoms with van der Waals surface area (Å²) < 4.78 is 20.2. The third kappa shape index (κ3) is 3.53. The molecular weight excluding hydrogens is 391 g/mol. The van der Waals surface area contributed by atoms with Crippen LogP contribution in [-0.4, -0.2) is 26.1 Å². The number of rotatable bonds is 6. The molecule has 158 valence electrons. The monoisotopic (exact) mass is 414 g/mol. The number of amides is 1. The van der Waals surface area contributed by atoms with Crippen molar-refractivity contribution in [2.45, 2.75) is 50.8 Å². The van der Waals surface area contributed by atoms with Crippen LogP contribution in [-0.2, 0) is 6.73 Å². The van der Waals surface area contributed by atoms with Crippen molar-refractivity contribution in [3.8, 4) is 5.75 Å². The zero-order chi connectivity index (χ0) is 20.9. The van der Waals surface area contributed by atoms with Crippen LogP contribution in [0.2, 0.25) is 0 Å². The quantitative estimate of drug-likeness (QED) is 0.574. The molecule has 0 aliphatic heterocycles. The van der Waals surface area contributed by atoms with Crippen LogP contribution in [0.5, 0.6) is 5.75 Å². The number of halogens is 1. The van der Waals surface area contributed by atoms with Gasteiger partial charge in [-0.3, -0.25) is 14.9 Å². The average molecular weight is 414 g/mol. The van der Waals surface area contributed by atoms with Gasteiger partial charge < -0.3 is 10.1 Å². The van der Waals surface area contributed by atoms with Gasteiger partial charge in [0.2, 0.25) is 5.75 Å². The van der Waals surface area contributed by atoms with E-state index in [1.807, 2.05) is 0 Å². The summed E-state index contributed by atoms with van der Waals surface area (Å²) in [5, 5.41) is 18.6. The van der Waals surface area contributed by atoms with Gasteiger partial charge in [0.15, 0.2) is 6.73 Å². The SMILES string of the molecule is O=C(NC12CC3CC(CC(C3)C1)C2)c1ccn(COc2cc(F)ccc2[N+](=O)[O-])n1. The Morgan fingerprint density at radius 2 is 1.90 bits per heavy atom. The molecule has 8 nitrogen and oxygen atoms in total. The van der Waals surface area contributed by atoms with Gasteiger partial charge in [-0.15, -0.1) is 0 Å². The normalized spacial score (nSPS) is 29.0. The maximum absolute atomic E-state index is 13.4. The summed E-state index contributed by atoms with van der Waals surface area (Å²) in [6.07, 6.45) is 8.63. The van der Waals surface area contributed by atoms with Crippen LogP contribution in [0.1, 0.15) is 49.0 Å². The van der Waals surface area contributed by atoms with Crippen LogP contribution in [0.3, 0.4) is 0 Å². The van der Waals surface area contributed by atoms with Crippen LogP contribution in [0, 0.1) is 33.7 Å². The third-order valence-corrected chi connectivity index (χ3v) is 6.76. The molecule has 4 bridgehead atoms. The molecule has 0 unspecified atom stereocenters. The molecule has 0 saturated heterocycles. The molecule has 4 fully saturated rings. The molecule has 9 heteroatoms. The van der Waals surface area contributed by atoms with Crippen molar-refractivity contribution < 1.29 is 18.8 Å². The summed E-state index contributed by atoms with van der Waals surface area (Å²) in [4.78, 5) is 23.3. The van der Waals surface area contributed by atoms with Gasteiger partial charge >= 0.3 is 5.69 Å². The van der Waals surface area contributed by atoms with Crippen molar-refractivity contribution in [3.05, 3.63) is 52.1 Å². The third-order valence-electron chi connectivity index (χ3n) is 6.76. The van der Waals surface area contributed by atoms with Crippen LogP contribution in [0.25, 0.3) is 0 Å². The highest BCUT2D eigenvalue weighted by Gasteiger charge is 2.51. The van der Waals surface area contributed by atoms with Crippen molar-refractivity contribution >= 4 is 11.6 Å². The van der Waals surface area contributed by atoms with Crippen LogP contribution < -0.4 is 10.1 Å². The number of nitro benzene ring substituents is 1. The number of benzene rings is 1. The van der Waals surface area contributed by atoms with E-state index in [1.54, 1.807) is 12.3 Å². The number of carbonyl (C=O) groups excluding carboxylic acids is 1. The summed E-state index contributed by atoms with van der Waals surface area (Å²) in [5.74, 6) is 1.16. The number of nitro groups is 1. The Kier molecular flexibility index (Phi) is 4.48.